The van der Waals surface area contributed by atoms with E-state index in [1.165, 1.54) is 24.9 Å². The molecule has 5 heteroatoms. The number of methoxy groups -OCH3 is 2. The van der Waals surface area contributed by atoms with Gasteiger partial charge in [-0.2, -0.15) is 0 Å². The first-order valence-corrected chi connectivity index (χ1v) is 5.71. The number of para-hydroxylation sites is 1. The van der Waals surface area contributed by atoms with Crippen LogP contribution in [0.5, 0.6) is 5.75 Å². The van der Waals surface area contributed by atoms with Crippen LogP contribution in [0.4, 0.5) is 0 Å². The lowest BCUT2D eigenvalue weighted by Crippen LogP contribution is -2.24. The fourth-order valence-electron chi connectivity index (χ4n) is 2.36. The molecular weight excluding hydrogens is 246 g/mol. The maximum absolute atomic E-state index is 12.3. The Labute approximate surface area is 109 Å². The molecule has 0 aliphatic carbocycles. The molecule has 3 rings (SSSR count). The Bertz CT molecular complexity index is 739. The van der Waals surface area contributed by atoms with Crippen molar-refractivity contribution >= 4 is 22.6 Å². The number of carbonyl (C=O) groups excluding carboxylic acids is 2. The Balaban J connectivity index is 2.43. The minimum Gasteiger partial charge on any atom is -0.494 e. The molecule has 0 radical (unpaired) electrons. The molecule has 1 aliphatic heterocycles. The van der Waals surface area contributed by atoms with Crippen LogP contribution in [-0.2, 0) is 4.74 Å². The van der Waals surface area contributed by atoms with Crippen LogP contribution in [0.3, 0.4) is 0 Å². The molecule has 0 saturated carbocycles. The van der Waals surface area contributed by atoms with Crippen molar-refractivity contribution in [2.75, 3.05) is 14.2 Å². The molecule has 0 atom stereocenters. The minimum atomic E-state index is -0.364. The summed E-state index contributed by atoms with van der Waals surface area (Å²) in [6.07, 6.45) is 1.19. The minimum absolute atomic E-state index is 0.0286. The number of ether oxygens (including phenoxy) is 2. The zero-order valence-electron chi connectivity index (χ0n) is 10.5. The lowest BCUT2D eigenvalue weighted by atomic mass is 10.1. The molecule has 0 amide bonds. The van der Waals surface area contributed by atoms with Crippen molar-refractivity contribution in [2.45, 2.75) is 0 Å². The summed E-state index contributed by atoms with van der Waals surface area (Å²) in [6.45, 7) is 0. The van der Waals surface area contributed by atoms with Crippen LogP contribution in [0, 0.1) is 0 Å². The molecule has 5 nitrogen and oxygen atoms in total. The topological polar surface area (TPSA) is 57.5 Å². The average molecular weight is 257 g/mol. The zero-order chi connectivity index (χ0) is 13.6. The van der Waals surface area contributed by atoms with E-state index < -0.39 is 0 Å². The number of aromatic nitrogens is 1. The van der Waals surface area contributed by atoms with Crippen molar-refractivity contribution in [3.8, 4) is 5.75 Å². The van der Waals surface area contributed by atoms with E-state index >= 15 is 0 Å². The van der Waals surface area contributed by atoms with Gasteiger partial charge in [0.2, 0.25) is 5.78 Å². The van der Waals surface area contributed by atoms with Crippen molar-refractivity contribution in [3.05, 3.63) is 41.8 Å². The standard InChI is InChI=1S/C14H11NO4/c1-18-11-7-10(16)12-13(19-2)8-5-3-4-6-9(8)15(12)14(11)17/h3-7H,1-2H3. The predicted molar refractivity (Wildman–Crippen MR) is 68.5 cm³/mol. The van der Waals surface area contributed by atoms with E-state index in [0.29, 0.717) is 11.3 Å². The van der Waals surface area contributed by atoms with Crippen molar-refractivity contribution in [3.63, 3.8) is 0 Å². The number of rotatable bonds is 2. The third kappa shape index (κ3) is 1.41. The van der Waals surface area contributed by atoms with E-state index in [9.17, 15) is 9.59 Å². The van der Waals surface area contributed by atoms with Crippen LogP contribution in [0.25, 0.3) is 10.9 Å². The number of ketones is 1. The molecule has 0 N–H and O–H groups in total. The highest BCUT2D eigenvalue weighted by Gasteiger charge is 2.32. The molecule has 1 aromatic heterocycles. The van der Waals surface area contributed by atoms with Crippen molar-refractivity contribution < 1.29 is 19.1 Å². The highest BCUT2D eigenvalue weighted by molar-refractivity contribution is 6.21. The maximum atomic E-state index is 12.3. The molecular formula is C14H11NO4. The molecule has 0 saturated heterocycles. The molecule has 0 bridgehead atoms. The molecule has 2 heterocycles. The van der Waals surface area contributed by atoms with Crippen LogP contribution in [0.2, 0.25) is 0 Å². The van der Waals surface area contributed by atoms with Gasteiger partial charge in [0.05, 0.1) is 19.7 Å². The van der Waals surface area contributed by atoms with Gasteiger partial charge in [-0.25, -0.2) is 0 Å². The summed E-state index contributed by atoms with van der Waals surface area (Å²) >= 11 is 0. The smallest absolute Gasteiger partial charge is 0.298 e. The lowest BCUT2D eigenvalue weighted by Gasteiger charge is -2.14. The Hall–Kier alpha value is -2.56. The number of hydrogen-bond acceptors (Lipinski definition) is 4. The van der Waals surface area contributed by atoms with Gasteiger partial charge in [-0.3, -0.25) is 14.2 Å². The summed E-state index contributed by atoms with van der Waals surface area (Å²) in [6, 6.07) is 7.21. The quantitative estimate of drug-likeness (QED) is 0.825. The largest absolute Gasteiger partial charge is 0.494 e. The van der Waals surface area contributed by atoms with Gasteiger partial charge >= 0.3 is 0 Å². The molecule has 1 aromatic carbocycles. The monoisotopic (exact) mass is 257 g/mol. The van der Waals surface area contributed by atoms with Crippen molar-refractivity contribution in [1.82, 2.24) is 4.57 Å². The van der Waals surface area contributed by atoms with Crippen molar-refractivity contribution in [1.29, 1.82) is 0 Å². The Morgan fingerprint density at radius 2 is 1.79 bits per heavy atom. The van der Waals surface area contributed by atoms with Crippen molar-refractivity contribution in [2.24, 2.45) is 0 Å². The molecule has 0 spiro atoms. The van der Waals surface area contributed by atoms with Gasteiger partial charge in [0.15, 0.2) is 11.5 Å². The molecule has 2 aromatic rings. The van der Waals surface area contributed by atoms with Gasteiger partial charge < -0.3 is 9.47 Å². The summed E-state index contributed by atoms with van der Waals surface area (Å²) in [5.41, 5.74) is 0.879. The SMILES string of the molecule is COC1=CC(=O)c2c(OC)c3ccccc3n2C1=O. The Kier molecular flexibility index (Phi) is 2.41. The van der Waals surface area contributed by atoms with Gasteiger partial charge in [-0.05, 0) is 12.1 Å². The third-order valence-corrected chi connectivity index (χ3v) is 3.16. The van der Waals surface area contributed by atoms with Crippen LogP contribution in [0.1, 0.15) is 15.3 Å². The summed E-state index contributed by atoms with van der Waals surface area (Å²) in [5.74, 6) is -0.220. The highest BCUT2D eigenvalue weighted by atomic mass is 16.5. The van der Waals surface area contributed by atoms with Gasteiger partial charge in [-0.1, -0.05) is 12.1 Å². The fraction of sp³-hybridized carbons (Fsp3) is 0.143. The van der Waals surface area contributed by atoms with E-state index in [2.05, 4.69) is 0 Å². The van der Waals surface area contributed by atoms with Crippen LogP contribution in [-0.4, -0.2) is 30.5 Å². The highest BCUT2D eigenvalue weighted by Crippen LogP contribution is 2.36. The number of hydrogen-bond donors (Lipinski definition) is 0. The fourth-order valence-corrected chi connectivity index (χ4v) is 2.36. The molecule has 96 valence electrons. The van der Waals surface area contributed by atoms with E-state index in [0.717, 1.165) is 5.39 Å². The summed E-state index contributed by atoms with van der Waals surface area (Å²) in [5, 5.41) is 0.729. The molecule has 19 heavy (non-hydrogen) atoms. The van der Waals surface area contributed by atoms with E-state index in [1.807, 2.05) is 12.1 Å². The number of allylic oxidation sites excluding steroid dienone is 2. The zero-order valence-corrected chi connectivity index (χ0v) is 10.5. The number of benzene rings is 1. The van der Waals surface area contributed by atoms with Gasteiger partial charge in [-0.15, -0.1) is 0 Å². The average Bonchev–Trinajstić information content (AvgIpc) is 2.77. The molecule has 1 aliphatic rings. The number of fused-ring (bicyclic) bond motifs is 3. The Morgan fingerprint density at radius 3 is 2.47 bits per heavy atom. The number of carbonyl (C=O) groups is 2. The predicted octanol–water partition coefficient (Wildman–Crippen LogP) is 2.02. The second-order valence-corrected chi connectivity index (χ2v) is 4.12. The van der Waals surface area contributed by atoms with Gasteiger partial charge in [0.25, 0.3) is 5.91 Å². The van der Waals surface area contributed by atoms with Crippen LogP contribution in [0.15, 0.2) is 36.1 Å². The first-order chi connectivity index (χ1) is 9.19. The molecule has 0 unspecified atom stereocenters. The number of nitrogens with zero attached hydrogens (tertiary/aromatic N) is 1. The van der Waals surface area contributed by atoms with Gasteiger partial charge in [0.1, 0.15) is 5.69 Å². The second-order valence-electron chi connectivity index (χ2n) is 4.12. The summed E-state index contributed by atoms with van der Waals surface area (Å²) in [4.78, 5) is 24.4. The van der Waals surface area contributed by atoms with Crippen LogP contribution >= 0.6 is 0 Å². The second kappa shape index (κ2) is 3.98. The normalized spacial score (nSPS) is 14.3. The maximum Gasteiger partial charge on any atom is 0.298 e. The summed E-state index contributed by atoms with van der Waals surface area (Å²) < 4.78 is 11.6. The first kappa shape index (κ1) is 11.5. The summed E-state index contributed by atoms with van der Waals surface area (Å²) in [7, 11) is 2.85. The van der Waals surface area contributed by atoms with Gasteiger partial charge in [0, 0.05) is 11.5 Å². The van der Waals surface area contributed by atoms with E-state index in [1.54, 1.807) is 12.1 Å². The van der Waals surface area contributed by atoms with E-state index in [4.69, 9.17) is 9.47 Å². The van der Waals surface area contributed by atoms with E-state index in [-0.39, 0.29) is 23.1 Å². The first-order valence-electron chi connectivity index (χ1n) is 5.71. The van der Waals surface area contributed by atoms with Crippen LogP contribution < -0.4 is 4.74 Å². The third-order valence-electron chi connectivity index (χ3n) is 3.16. The Morgan fingerprint density at radius 1 is 1.05 bits per heavy atom. The lowest BCUT2D eigenvalue weighted by molar-refractivity contribution is 0.0836. The molecule has 0 fully saturated rings.